The van der Waals surface area contributed by atoms with Gasteiger partial charge in [0.25, 0.3) is 11.8 Å². The summed E-state index contributed by atoms with van der Waals surface area (Å²) in [7, 11) is 0. The van der Waals surface area contributed by atoms with E-state index in [-0.39, 0.29) is 66.0 Å². The molecule has 4 aromatic rings. The van der Waals surface area contributed by atoms with Crippen molar-refractivity contribution < 1.29 is 32.7 Å². The molecule has 264 valence electrons. The Hall–Kier alpha value is -4.92. The van der Waals surface area contributed by atoms with E-state index < -0.39 is 41.3 Å². The van der Waals surface area contributed by atoms with Gasteiger partial charge in [0.2, 0.25) is 11.8 Å². The fourth-order valence-corrected chi connectivity index (χ4v) is 7.28. The van der Waals surface area contributed by atoms with Gasteiger partial charge in [0.1, 0.15) is 17.7 Å². The number of benzene rings is 2. The van der Waals surface area contributed by atoms with E-state index >= 15 is 4.39 Å². The van der Waals surface area contributed by atoms with E-state index in [1.165, 1.54) is 18.2 Å². The average Bonchev–Trinajstić information content (AvgIpc) is 3.69. The van der Waals surface area contributed by atoms with Crippen molar-refractivity contribution in [2.75, 3.05) is 25.4 Å². The lowest BCUT2D eigenvalue weighted by molar-refractivity contribution is -0.136. The normalized spacial score (nSPS) is 18.4. The number of carbonyl (C=O) groups is 4. The molecule has 12 nitrogen and oxygen atoms in total. The standard InChI is InChI=1S/C35H31Cl2F2N7O5/c36-25-1-2-26(38)31(37)22(25)7-10-51-29-12-18(14-41-32(29)40)20-15-42-45(17-20)21-5-8-44(9-6-21)16-19-11-23-24(13-27(19)39)35(50)46(34(23)49)28-3-4-30(47)43-33(28)48/h1-2,11-15,17,21,28H,3-10,16H2,(H2,40,41)(H,43,47,48)/t28-/m1/s1. The van der Waals surface area contributed by atoms with Crippen molar-refractivity contribution in [1.82, 2.24) is 29.9 Å². The predicted octanol–water partition coefficient (Wildman–Crippen LogP) is 4.97. The summed E-state index contributed by atoms with van der Waals surface area (Å²) in [6.07, 6.45) is 7.01. The van der Waals surface area contributed by atoms with Crippen LogP contribution >= 0.6 is 23.2 Å². The molecule has 0 aliphatic carbocycles. The van der Waals surface area contributed by atoms with Crippen LogP contribution in [0.2, 0.25) is 10.0 Å². The van der Waals surface area contributed by atoms with E-state index in [0.717, 1.165) is 34.9 Å². The summed E-state index contributed by atoms with van der Waals surface area (Å²) in [5.74, 6) is -3.23. The van der Waals surface area contributed by atoms with Gasteiger partial charge in [-0.25, -0.2) is 13.8 Å². The van der Waals surface area contributed by atoms with E-state index in [0.29, 0.717) is 29.4 Å². The van der Waals surface area contributed by atoms with Crippen molar-refractivity contribution in [2.24, 2.45) is 0 Å². The third-order valence-electron chi connectivity index (χ3n) is 9.50. The number of hydrogen-bond donors (Lipinski definition) is 2. The number of ether oxygens (including phenoxy) is 1. The van der Waals surface area contributed by atoms with Crippen LogP contribution in [0.1, 0.15) is 63.6 Å². The lowest BCUT2D eigenvalue weighted by Gasteiger charge is -2.32. The Kier molecular flexibility index (Phi) is 9.48. The number of halogens is 4. The first-order valence-electron chi connectivity index (χ1n) is 16.3. The van der Waals surface area contributed by atoms with Gasteiger partial charge in [0.15, 0.2) is 11.6 Å². The first-order valence-corrected chi connectivity index (χ1v) is 17.1. The second-order valence-corrected chi connectivity index (χ2v) is 13.5. The minimum Gasteiger partial charge on any atom is -0.489 e. The summed E-state index contributed by atoms with van der Waals surface area (Å²) in [5.41, 5.74) is 8.27. The number of nitrogen functional groups attached to an aromatic ring is 1. The lowest BCUT2D eigenvalue weighted by Crippen LogP contribution is -2.54. The molecule has 5 heterocycles. The summed E-state index contributed by atoms with van der Waals surface area (Å²) >= 11 is 12.3. The summed E-state index contributed by atoms with van der Waals surface area (Å²) in [6.45, 7) is 1.63. The van der Waals surface area contributed by atoms with Crippen molar-refractivity contribution in [3.63, 3.8) is 0 Å². The van der Waals surface area contributed by atoms with Gasteiger partial charge < -0.3 is 10.5 Å². The molecule has 51 heavy (non-hydrogen) atoms. The van der Waals surface area contributed by atoms with E-state index in [2.05, 4.69) is 20.3 Å². The Morgan fingerprint density at radius 3 is 2.43 bits per heavy atom. The number of hydrogen-bond acceptors (Lipinski definition) is 9. The van der Waals surface area contributed by atoms with Gasteiger partial charge in [0.05, 0.1) is 35.0 Å². The number of carbonyl (C=O) groups excluding carboxylic acids is 4. The van der Waals surface area contributed by atoms with Gasteiger partial charge in [-0.3, -0.25) is 39.0 Å². The summed E-state index contributed by atoms with van der Waals surface area (Å²) < 4.78 is 36.9. The summed E-state index contributed by atoms with van der Waals surface area (Å²) in [5, 5.41) is 7.03. The number of aromatic nitrogens is 3. The fraction of sp³-hybridized carbons (Fsp3) is 0.314. The summed E-state index contributed by atoms with van der Waals surface area (Å²) in [6, 6.07) is 5.83. The first-order chi connectivity index (χ1) is 24.5. The Bertz CT molecular complexity index is 2090. The van der Waals surface area contributed by atoms with E-state index in [1.807, 2.05) is 10.9 Å². The van der Waals surface area contributed by atoms with E-state index in [1.54, 1.807) is 18.5 Å². The van der Waals surface area contributed by atoms with E-state index in [9.17, 15) is 23.6 Å². The van der Waals surface area contributed by atoms with Crippen LogP contribution in [-0.4, -0.2) is 73.9 Å². The maximum absolute atomic E-state index is 15.3. The van der Waals surface area contributed by atoms with Crippen molar-refractivity contribution in [2.45, 2.75) is 50.7 Å². The van der Waals surface area contributed by atoms with Crippen LogP contribution < -0.4 is 15.8 Å². The first kappa shape index (κ1) is 34.5. The third kappa shape index (κ3) is 6.78. The maximum atomic E-state index is 15.3. The number of nitrogens with two attached hydrogens (primary N) is 1. The second-order valence-electron chi connectivity index (χ2n) is 12.7. The van der Waals surface area contributed by atoms with Gasteiger partial charge in [-0.15, -0.1) is 0 Å². The maximum Gasteiger partial charge on any atom is 0.262 e. The van der Waals surface area contributed by atoms with Crippen molar-refractivity contribution in [3.05, 3.63) is 92.9 Å². The zero-order valence-corrected chi connectivity index (χ0v) is 28.5. The van der Waals surface area contributed by atoms with Crippen LogP contribution in [0, 0.1) is 11.6 Å². The SMILES string of the molecule is Nc1ncc(-c2cnn(C3CCN(Cc4cc5c(cc4F)C(=O)N([C@@H]4CCC(=O)NC4=O)C5=O)CC3)c2)cc1OCCc1c(Cl)ccc(F)c1Cl. The van der Waals surface area contributed by atoms with Crippen LogP contribution in [-0.2, 0) is 22.6 Å². The molecule has 0 saturated carbocycles. The average molecular weight is 739 g/mol. The number of likely N-dealkylation sites (tertiary alicyclic amines) is 1. The molecule has 3 aliphatic heterocycles. The van der Waals surface area contributed by atoms with Gasteiger partial charge in [-0.2, -0.15) is 5.10 Å². The molecule has 0 spiro atoms. The van der Waals surface area contributed by atoms with Gasteiger partial charge in [-0.1, -0.05) is 23.2 Å². The van der Waals surface area contributed by atoms with Crippen molar-refractivity contribution in [3.8, 4) is 16.9 Å². The molecule has 0 unspecified atom stereocenters. The highest BCUT2D eigenvalue weighted by molar-refractivity contribution is 6.36. The highest BCUT2D eigenvalue weighted by Crippen LogP contribution is 2.33. The zero-order chi connectivity index (χ0) is 36.0. The van der Waals surface area contributed by atoms with Crippen LogP contribution in [0.15, 0.2) is 48.9 Å². The lowest BCUT2D eigenvalue weighted by atomic mass is 10.0. The van der Waals surface area contributed by atoms with Crippen molar-refractivity contribution in [1.29, 1.82) is 0 Å². The number of nitrogens with one attached hydrogen (secondary N) is 1. The quantitative estimate of drug-likeness (QED) is 0.179. The van der Waals surface area contributed by atoms with Gasteiger partial charge in [-0.05, 0) is 55.2 Å². The third-order valence-corrected chi connectivity index (χ3v) is 10.3. The Morgan fingerprint density at radius 2 is 1.69 bits per heavy atom. The Morgan fingerprint density at radius 1 is 0.941 bits per heavy atom. The molecule has 0 bridgehead atoms. The molecule has 2 fully saturated rings. The van der Waals surface area contributed by atoms with Crippen LogP contribution in [0.4, 0.5) is 14.6 Å². The van der Waals surface area contributed by atoms with Crippen LogP contribution in [0.25, 0.3) is 11.1 Å². The molecule has 2 aromatic heterocycles. The monoisotopic (exact) mass is 737 g/mol. The molecule has 16 heteroatoms. The number of anilines is 1. The molecule has 0 radical (unpaired) electrons. The topological polar surface area (TPSA) is 153 Å². The molecule has 4 amide bonds. The highest BCUT2D eigenvalue weighted by atomic mass is 35.5. The number of nitrogens with zero attached hydrogens (tertiary/aromatic N) is 5. The van der Waals surface area contributed by atoms with Crippen molar-refractivity contribution >= 4 is 52.6 Å². The smallest absolute Gasteiger partial charge is 0.262 e. The summed E-state index contributed by atoms with van der Waals surface area (Å²) in [4.78, 5) is 57.3. The van der Waals surface area contributed by atoms with Gasteiger partial charge in [0, 0.05) is 66.6 Å². The van der Waals surface area contributed by atoms with Crippen LogP contribution in [0.3, 0.4) is 0 Å². The molecule has 7 rings (SSSR count). The highest BCUT2D eigenvalue weighted by Gasteiger charge is 2.45. The number of imide groups is 2. The molecule has 3 N–H and O–H groups in total. The number of amides is 4. The minimum atomic E-state index is -1.12. The molecular formula is C35H31Cl2F2N7O5. The molecule has 2 saturated heterocycles. The zero-order valence-electron chi connectivity index (χ0n) is 27.0. The minimum absolute atomic E-state index is 0.000857. The largest absolute Gasteiger partial charge is 0.489 e. The molecule has 3 aliphatic rings. The number of fused-ring (bicyclic) bond motifs is 1. The number of rotatable bonds is 9. The Labute approximate surface area is 300 Å². The predicted molar refractivity (Wildman–Crippen MR) is 182 cm³/mol. The van der Waals surface area contributed by atoms with Gasteiger partial charge >= 0.3 is 0 Å². The molecule has 2 aromatic carbocycles. The number of pyridine rings is 1. The second kappa shape index (κ2) is 14.0. The van der Waals surface area contributed by atoms with Crippen LogP contribution in [0.5, 0.6) is 5.75 Å². The number of piperidine rings is 2. The molecular weight excluding hydrogens is 707 g/mol. The molecule has 1 atom stereocenters. The fourth-order valence-electron chi connectivity index (χ4n) is 6.72. The van der Waals surface area contributed by atoms with E-state index in [4.69, 9.17) is 33.7 Å². The Balaban J connectivity index is 0.963.